The summed E-state index contributed by atoms with van der Waals surface area (Å²) in [7, 11) is 0. The van der Waals surface area contributed by atoms with Crippen molar-refractivity contribution in [2.24, 2.45) is 5.73 Å². The van der Waals surface area contributed by atoms with Gasteiger partial charge in [-0.05, 0) is 49.4 Å². The van der Waals surface area contributed by atoms with Crippen LogP contribution in [0, 0.1) is 0 Å². The monoisotopic (exact) mass is 329 g/mol. The summed E-state index contributed by atoms with van der Waals surface area (Å²) in [6.45, 7) is 0.414. The van der Waals surface area contributed by atoms with Gasteiger partial charge in [0.05, 0.1) is 12.0 Å². The molecule has 0 atom stereocenters. The predicted molar refractivity (Wildman–Crippen MR) is 91.4 cm³/mol. The quantitative estimate of drug-likeness (QED) is 0.353. The van der Waals surface area contributed by atoms with Crippen LogP contribution >= 0.6 is 0 Å². The van der Waals surface area contributed by atoms with Gasteiger partial charge in [-0.3, -0.25) is 9.59 Å². The highest BCUT2D eigenvalue weighted by atomic mass is 16.3. The minimum Gasteiger partial charge on any atom is -0.506 e. The van der Waals surface area contributed by atoms with Crippen molar-refractivity contribution in [3.63, 3.8) is 0 Å². The number of phenolic OH excluding ortho intramolecular Hbond substituents is 1. The van der Waals surface area contributed by atoms with E-state index in [0.717, 1.165) is 0 Å². The van der Waals surface area contributed by atoms with Gasteiger partial charge in [0.15, 0.2) is 0 Å². The number of aromatic hydroxyl groups is 1. The normalized spacial score (nSPS) is 10.7. The Hall–Kier alpha value is -3.06. The van der Waals surface area contributed by atoms with Crippen molar-refractivity contribution in [2.45, 2.75) is 12.8 Å². The summed E-state index contributed by atoms with van der Waals surface area (Å²) in [6.07, 6.45) is 5.19. The van der Waals surface area contributed by atoms with Crippen molar-refractivity contribution in [3.8, 4) is 5.75 Å². The van der Waals surface area contributed by atoms with Crippen LogP contribution in [0.1, 0.15) is 18.6 Å². The Labute approximate surface area is 139 Å². The fourth-order valence-electron chi connectivity index (χ4n) is 1.92. The van der Waals surface area contributed by atoms with E-state index in [1.807, 2.05) is 0 Å². The van der Waals surface area contributed by atoms with E-state index in [4.69, 9.17) is 10.2 Å². The van der Waals surface area contributed by atoms with Crippen molar-refractivity contribution >= 4 is 29.3 Å². The molecule has 0 bridgehead atoms. The van der Waals surface area contributed by atoms with E-state index in [9.17, 15) is 14.7 Å². The standard InChI is InChI=1S/C17H19N3O4/c18-9-1-4-16(22)20-14-11-12(5-7-15(14)21)19-17(23)8-6-13-3-2-10-24-13/h2-3,5-8,10-11,21H,1,4,9,18H2,(H,19,23)(H,20,22)/b8-6+. The highest BCUT2D eigenvalue weighted by Gasteiger charge is 2.08. The van der Waals surface area contributed by atoms with Gasteiger partial charge in [-0.15, -0.1) is 0 Å². The molecular weight excluding hydrogens is 310 g/mol. The van der Waals surface area contributed by atoms with Gasteiger partial charge < -0.3 is 25.9 Å². The van der Waals surface area contributed by atoms with Crippen molar-refractivity contribution in [1.29, 1.82) is 0 Å². The van der Waals surface area contributed by atoms with Crippen LogP contribution in [0.15, 0.2) is 47.1 Å². The predicted octanol–water partition coefficient (Wildman–Crippen LogP) is 2.31. The molecule has 0 aliphatic carbocycles. The molecule has 7 heteroatoms. The van der Waals surface area contributed by atoms with Gasteiger partial charge in [0.1, 0.15) is 11.5 Å². The fourth-order valence-corrected chi connectivity index (χ4v) is 1.92. The lowest BCUT2D eigenvalue weighted by Crippen LogP contribution is -2.14. The van der Waals surface area contributed by atoms with E-state index in [1.54, 1.807) is 12.1 Å². The Morgan fingerprint density at radius 1 is 1.25 bits per heavy atom. The maximum atomic E-state index is 11.9. The summed E-state index contributed by atoms with van der Waals surface area (Å²) in [4.78, 5) is 23.6. The molecule has 0 radical (unpaired) electrons. The number of carbonyl (C=O) groups is 2. The maximum Gasteiger partial charge on any atom is 0.248 e. The van der Waals surface area contributed by atoms with Gasteiger partial charge in [-0.25, -0.2) is 0 Å². The number of nitrogens with two attached hydrogens (primary N) is 1. The third kappa shape index (κ3) is 5.29. The molecule has 0 aliphatic heterocycles. The SMILES string of the molecule is NCCCC(=O)Nc1cc(NC(=O)/C=C/c2ccco2)ccc1O. The number of phenols is 1. The van der Waals surface area contributed by atoms with Crippen molar-refractivity contribution in [2.75, 3.05) is 17.2 Å². The van der Waals surface area contributed by atoms with Crippen LogP contribution in [0.2, 0.25) is 0 Å². The molecule has 1 aromatic heterocycles. The third-order valence-electron chi connectivity index (χ3n) is 3.09. The van der Waals surface area contributed by atoms with Crippen LogP contribution in [0.3, 0.4) is 0 Å². The lowest BCUT2D eigenvalue weighted by atomic mass is 10.2. The zero-order valence-corrected chi connectivity index (χ0v) is 13.0. The number of amides is 2. The number of benzene rings is 1. The second kappa shape index (κ2) is 8.54. The third-order valence-corrected chi connectivity index (χ3v) is 3.09. The molecule has 24 heavy (non-hydrogen) atoms. The average Bonchev–Trinajstić information content (AvgIpc) is 3.07. The van der Waals surface area contributed by atoms with Crippen LogP contribution < -0.4 is 16.4 Å². The number of carbonyl (C=O) groups excluding carboxylic acids is 2. The molecule has 126 valence electrons. The molecule has 0 saturated heterocycles. The number of anilines is 2. The summed E-state index contributed by atoms with van der Waals surface area (Å²) >= 11 is 0. The van der Waals surface area contributed by atoms with Gasteiger partial charge in [0, 0.05) is 18.2 Å². The first-order chi connectivity index (χ1) is 11.6. The lowest BCUT2D eigenvalue weighted by Gasteiger charge is -2.09. The van der Waals surface area contributed by atoms with Crippen molar-refractivity contribution in [3.05, 3.63) is 48.4 Å². The van der Waals surface area contributed by atoms with Crippen LogP contribution in [-0.2, 0) is 9.59 Å². The molecule has 1 aromatic carbocycles. The van der Waals surface area contributed by atoms with Gasteiger partial charge >= 0.3 is 0 Å². The molecular formula is C17H19N3O4. The van der Waals surface area contributed by atoms with Crippen molar-refractivity contribution in [1.82, 2.24) is 0 Å². The summed E-state index contributed by atoms with van der Waals surface area (Å²) in [5.74, 6) is -0.140. The Morgan fingerprint density at radius 3 is 2.79 bits per heavy atom. The van der Waals surface area contributed by atoms with E-state index < -0.39 is 0 Å². The zero-order valence-electron chi connectivity index (χ0n) is 13.0. The number of nitrogens with one attached hydrogen (secondary N) is 2. The molecule has 0 spiro atoms. The molecule has 2 amide bonds. The van der Waals surface area contributed by atoms with Crippen LogP contribution in [-0.4, -0.2) is 23.5 Å². The van der Waals surface area contributed by atoms with E-state index in [0.29, 0.717) is 24.4 Å². The molecule has 5 N–H and O–H groups in total. The van der Waals surface area contributed by atoms with Crippen LogP contribution in [0.5, 0.6) is 5.75 Å². The molecule has 0 fully saturated rings. The van der Waals surface area contributed by atoms with Crippen LogP contribution in [0.4, 0.5) is 11.4 Å². The first-order valence-electron chi connectivity index (χ1n) is 7.44. The second-order valence-electron chi connectivity index (χ2n) is 5.01. The highest BCUT2D eigenvalue weighted by Crippen LogP contribution is 2.27. The van der Waals surface area contributed by atoms with Crippen molar-refractivity contribution < 1.29 is 19.1 Å². The summed E-state index contributed by atoms with van der Waals surface area (Å²) < 4.78 is 5.09. The smallest absolute Gasteiger partial charge is 0.248 e. The molecule has 2 aromatic rings. The summed E-state index contributed by atoms with van der Waals surface area (Å²) in [5, 5.41) is 15.0. The van der Waals surface area contributed by atoms with Gasteiger partial charge in [-0.2, -0.15) is 0 Å². The molecule has 7 nitrogen and oxygen atoms in total. The largest absolute Gasteiger partial charge is 0.506 e. The first-order valence-corrected chi connectivity index (χ1v) is 7.44. The Bertz CT molecular complexity index is 723. The number of furan rings is 1. The maximum absolute atomic E-state index is 11.9. The van der Waals surface area contributed by atoms with Gasteiger partial charge in [0.2, 0.25) is 11.8 Å². The average molecular weight is 329 g/mol. The minimum absolute atomic E-state index is 0.0831. The first kappa shape index (κ1) is 17.3. The summed E-state index contributed by atoms with van der Waals surface area (Å²) in [5.41, 5.74) is 6.02. The number of rotatable bonds is 7. The fraction of sp³-hybridized carbons (Fsp3) is 0.176. The zero-order chi connectivity index (χ0) is 17.4. The van der Waals surface area contributed by atoms with Gasteiger partial charge in [-0.1, -0.05) is 0 Å². The van der Waals surface area contributed by atoms with Crippen LogP contribution in [0.25, 0.3) is 6.08 Å². The van der Waals surface area contributed by atoms with E-state index >= 15 is 0 Å². The Kier molecular flexibility index (Phi) is 6.16. The molecule has 1 heterocycles. The van der Waals surface area contributed by atoms with Gasteiger partial charge in [0.25, 0.3) is 0 Å². The lowest BCUT2D eigenvalue weighted by molar-refractivity contribution is -0.116. The van der Waals surface area contributed by atoms with E-state index in [1.165, 1.54) is 36.6 Å². The second-order valence-corrected chi connectivity index (χ2v) is 5.01. The molecule has 2 rings (SSSR count). The number of hydrogen-bond donors (Lipinski definition) is 4. The topological polar surface area (TPSA) is 118 Å². The molecule has 0 saturated carbocycles. The Morgan fingerprint density at radius 2 is 2.08 bits per heavy atom. The Balaban J connectivity index is 1.99. The summed E-state index contributed by atoms with van der Waals surface area (Å²) in [6, 6.07) is 7.85. The van der Waals surface area contributed by atoms with E-state index in [-0.39, 0.29) is 29.7 Å². The minimum atomic E-state index is -0.363. The number of hydrogen-bond acceptors (Lipinski definition) is 5. The molecule has 0 unspecified atom stereocenters. The molecule has 0 aliphatic rings. The highest BCUT2D eigenvalue weighted by molar-refractivity contribution is 6.02. The van der Waals surface area contributed by atoms with E-state index in [2.05, 4.69) is 10.6 Å².